The Bertz CT molecular complexity index is 913. The van der Waals surface area contributed by atoms with Crippen LogP contribution in [0.5, 0.6) is 0 Å². The molecule has 0 saturated carbocycles. The van der Waals surface area contributed by atoms with Crippen LogP contribution >= 0.6 is 15.9 Å². The standard InChI is InChI=1S/C25H34BrN3O5/c1-15(2)27-23(32)21-25-14-17(26)20(34-25)18(22(31)28-16-10-6-5-7-11-16)19(25)24(33)29(21)12-8-3-4-9-13-30/h5-7,10-11,15,17-21,30H,3-4,8-9,12-14H2,1-2H3,(H,27,32)(H,28,31)/t17?,18-,19-,20-,21?,25?/m0/s1. The molecule has 1 aromatic carbocycles. The number of benzene rings is 1. The van der Waals surface area contributed by atoms with Crippen molar-refractivity contribution in [2.75, 3.05) is 18.5 Å². The number of carbonyl (C=O) groups is 3. The van der Waals surface area contributed by atoms with E-state index in [1.807, 2.05) is 32.0 Å². The lowest BCUT2D eigenvalue weighted by Crippen LogP contribution is -2.56. The molecule has 9 heteroatoms. The first-order valence-corrected chi connectivity index (χ1v) is 13.1. The lowest BCUT2D eigenvalue weighted by Gasteiger charge is -2.34. The lowest BCUT2D eigenvalue weighted by atomic mass is 9.70. The van der Waals surface area contributed by atoms with Gasteiger partial charge in [-0.2, -0.15) is 0 Å². The molecule has 2 bridgehead atoms. The fraction of sp³-hybridized carbons (Fsp3) is 0.640. The van der Waals surface area contributed by atoms with Gasteiger partial charge < -0.3 is 25.4 Å². The van der Waals surface area contributed by atoms with Crippen LogP contribution in [-0.4, -0.2) is 69.5 Å². The van der Waals surface area contributed by atoms with Crippen LogP contribution in [0.1, 0.15) is 46.0 Å². The average Bonchev–Trinajstić information content (AvgIpc) is 3.37. The fourth-order valence-electron chi connectivity index (χ4n) is 5.83. The number of fused-ring (bicyclic) bond motifs is 1. The number of halogens is 1. The zero-order valence-corrected chi connectivity index (χ0v) is 21.3. The third-order valence-corrected chi connectivity index (χ3v) is 7.96. The number of anilines is 1. The van der Waals surface area contributed by atoms with Gasteiger partial charge in [0.25, 0.3) is 0 Å². The highest BCUT2D eigenvalue weighted by Gasteiger charge is 2.76. The molecule has 1 aromatic rings. The van der Waals surface area contributed by atoms with E-state index in [1.54, 1.807) is 17.0 Å². The van der Waals surface area contributed by atoms with Crippen molar-refractivity contribution in [1.82, 2.24) is 10.2 Å². The number of alkyl halides is 1. The van der Waals surface area contributed by atoms with Gasteiger partial charge in [-0.3, -0.25) is 14.4 Å². The SMILES string of the molecule is CC(C)NC(=O)C1N(CCCCCCO)C(=O)[C@@H]2[C@H](C(=O)Nc3ccccc3)[C@H]3OC12CC3Br. The number of unbranched alkanes of at least 4 members (excludes halogenated alkanes) is 3. The summed E-state index contributed by atoms with van der Waals surface area (Å²) < 4.78 is 6.46. The maximum absolute atomic E-state index is 13.8. The van der Waals surface area contributed by atoms with Gasteiger partial charge in [-0.25, -0.2) is 0 Å². The quantitative estimate of drug-likeness (QED) is 0.315. The van der Waals surface area contributed by atoms with Gasteiger partial charge in [0, 0.05) is 29.7 Å². The summed E-state index contributed by atoms with van der Waals surface area (Å²) in [5.41, 5.74) is -0.366. The lowest BCUT2D eigenvalue weighted by molar-refractivity contribution is -0.141. The van der Waals surface area contributed by atoms with Gasteiger partial charge in [0.15, 0.2) is 0 Å². The van der Waals surface area contributed by atoms with E-state index in [2.05, 4.69) is 26.6 Å². The number of hydrogen-bond donors (Lipinski definition) is 3. The Balaban J connectivity index is 1.62. The van der Waals surface area contributed by atoms with Crippen LogP contribution in [0.15, 0.2) is 30.3 Å². The van der Waals surface area contributed by atoms with Crippen LogP contribution in [0.25, 0.3) is 0 Å². The molecule has 3 saturated heterocycles. The van der Waals surface area contributed by atoms with Crippen molar-refractivity contribution in [2.45, 2.75) is 74.6 Å². The Hall–Kier alpha value is -1.97. The highest BCUT2D eigenvalue weighted by atomic mass is 79.9. The summed E-state index contributed by atoms with van der Waals surface area (Å²) in [5, 5.41) is 14.9. The topological polar surface area (TPSA) is 108 Å². The molecule has 8 nitrogen and oxygen atoms in total. The molecule has 3 fully saturated rings. The molecule has 3 unspecified atom stereocenters. The Labute approximate surface area is 208 Å². The summed E-state index contributed by atoms with van der Waals surface area (Å²) >= 11 is 3.68. The molecule has 3 N–H and O–H groups in total. The normalized spacial score (nSPS) is 31.7. The number of hydrogen-bond acceptors (Lipinski definition) is 5. The molecule has 0 aliphatic carbocycles. The number of nitrogens with one attached hydrogen (secondary N) is 2. The van der Waals surface area contributed by atoms with Crippen molar-refractivity contribution in [3.63, 3.8) is 0 Å². The predicted molar refractivity (Wildman–Crippen MR) is 131 cm³/mol. The van der Waals surface area contributed by atoms with Gasteiger partial charge in [-0.15, -0.1) is 0 Å². The Morgan fingerprint density at radius 2 is 1.88 bits per heavy atom. The van der Waals surface area contributed by atoms with Crippen LogP contribution in [0.3, 0.4) is 0 Å². The van der Waals surface area contributed by atoms with Crippen molar-refractivity contribution in [3.8, 4) is 0 Å². The first-order chi connectivity index (χ1) is 16.3. The number of likely N-dealkylation sites (tertiary alicyclic amines) is 1. The summed E-state index contributed by atoms with van der Waals surface area (Å²) in [6.45, 7) is 4.35. The van der Waals surface area contributed by atoms with Crippen LogP contribution in [0.2, 0.25) is 0 Å². The van der Waals surface area contributed by atoms with Crippen LogP contribution in [0, 0.1) is 11.8 Å². The second kappa shape index (κ2) is 10.3. The van der Waals surface area contributed by atoms with Crippen molar-refractivity contribution in [1.29, 1.82) is 0 Å². The summed E-state index contributed by atoms with van der Waals surface area (Å²) in [6, 6.07) is 8.31. The van der Waals surface area contributed by atoms with E-state index in [-0.39, 0.29) is 35.2 Å². The van der Waals surface area contributed by atoms with Gasteiger partial charge in [0.05, 0.1) is 17.9 Å². The molecular weight excluding hydrogens is 502 g/mol. The fourth-order valence-corrected chi connectivity index (χ4v) is 6.77. The molecule has 3 heterocycles. The zero-order valence-electron chi connectivity index (χ0n) is 19.7. The Kier molecular flexibility index (Phi) is 7.64. The number of nitrogens with zero attached hydrogens (tertiary/aromatic N) is 1. The molecule has 3 aliphatic rings. The second-order valence-corrected chi connectivity index (χ2v) is 11.0. The van der Waals surface area contributed by atoms with Crippen LogP contribution < -0.4 is 10.6 Å². The number of aliphatic hydroxyl groups is 1. The van der Waals surface area contributed by atoms with Crippen molar-refractivity contribution in [2.24, 2.45) is 11.8 Å². The van der Waals surface area contributed by atoms with Crippen molar-refractivity contribution < 1.29 is 24.2 Å². The highest BCUT2D eigenvalue weighted by Crippen LogP contribution is 2.60. The first-order valence-electron chi connectivity index (χ1n) is 12.2. The number of carbonyl (C=O) groups excluding carboxylic acids is 3. The largest absolute Gasteiger partial charge is 0.396 e. The minimum absolute atomic E-state index is 0.0833. The van der Waals surface area contributed by atoms with E-state index in [1.165, 1.54) is 0 Å². The van der Waals surface area contributed by atoms with E-state index in [0.29, 0.717) is 18.7 Å². The number of ether oxygens (including phenoxy) is 1. The zero-order chi connectivity index (χ0) is 24.5. The van der Waals surface area contributed by atoms with Crippen molar-refractivity contribution >= 4 is 39.3 Å². The molecule has 6 atom stereocenters. The summed E-state index contributed by atoms with van der Waals surface area (Å²) in [4.78, 5) is 42.2. The van der Waals surface area contributed by atoms with Gasteiger partial charge in [-0.1, -0.05) is 47.0 Å². The molecule has 1 spiro atoms. The van der Waals surface area contributed by atoms with Gasteiger partial charge >= 0.3 is 0 Å². The third-order valence-electron chi connectivity index (χ3n) is 7.12. The predicted octanol–water partition coefficient (Wildman–Crippen LogP) is 2.45. The van der Waals surface area contributed by atoms with E-state index in [0.717, 1.165) is 25.7 Å². The minimum Gasteiger partial charge on any atom is -0.396 e. The minimum atomic E-state index is -1.03. The summed E-state index contributed by atoms with van der Waals surface area (Å²) in [5.74, 6) is -2.05. The monoisotopic (exact) mass is 535 g/mol. The van der Waals surface area contributed by atoms with E-state index in [9.17, 15) is 14.4 Å². The Morgan fingerprint density at radius 1 is 1.18 bits per heavy atom. The van der Waals surface area contributed by atoms with E-state index < -0.39 is 29.6 Å². The van der Waals surface area contributed by atoms with Gasteiger partial charge in [-0.05, 0) is 45.2 Å². The summed E-state index contributed by atoms with van der Waals surface area (Å²) in [7, 11) is 0. The maximum atomic E-state index is 13.8. The molecular formula is C25H34BrN3O5. The molecule has 4 rings (SSSR count). The summed E-state index contributed by atoms with van der Waals surface area (Å²) in [6.07, 6.45) is 3.18. The first kappa shape index (κ1) is 25.1. The van der Waals surface area contributed by atoms with E-state index >= 15 is 0 Å². The number of amides is 3. The molecule has 0 radical (unpaired) electrons. The van der Waals surface area contributed by atoms with Gasteiger partial charge in [0.1, 0.15) is 11.6 Å². The van der Waals surface area contributed by atoms with E-state index in [4.69, 9.17) is 9.84 Å². The molecule has 3 amide bonds. The third kappa shape index (κ3) is 4.50. The van der Waals surface area contributed by atoms with Crippen LogP contribution in [0.4, 0.5) is 5.69 Å². The molecule has 186 valence electrons. The molecule has 34 heavy (non-hydrogen) atoms. The smallest absolute Gasteiger partial charge is 0.246 e. The van der Waals surface area contributed by atoms with Crippen LogP contribution in [-0.2, 0) is 19.1 Å². The van der Waals surface area contributed by atoms with Gasteiger partial charge in [0.2, 0.25) is 17.7 Å². The molecule has 3 aliphatic heterocycles. The van der Waals surface area contributed by atoms with Crippen molar-refractivity contribution in [3.05, 3.63) is 30.3 Å². The second-order valence-electron chi connectivity index (χ2n) is 9.85. The average molecular weight is 536 g/mol. The number of aliphatic hydroxyl groups excluding tert-OH is 1. The Morgan fingerprint density at radius 3 is 2.56 bits per heavy atom. The maximum Gasteiger partial charge on any atom is 0.246 e. The number of para-hydroxylation sites is 1. The molecule has 0 aromatic heterocycles. The highest BCUT2D eigenvalue weighted by molar-refractivity contribution is 9.09. The number of rotatable bonds is 10.